The number of hydrogen-bond acceptors (Lipinski definition) is 5. The highest BCUT2D eigenvalue weighted by Crippen LogP contribution is 2.18. The fraction of sp³-hybridized carbons (Fsp3) is 0.500. The number of hydrogen-bond donors (Lipinski definition) is 1. The van der Waals surface area contributed by atoms with Gasteiger partial charge in [0.05, 0.1) is 18.5 Å². The average Bonchev–Trinajstić information content (AvgIpc) is 2.15. The molecule has 15 heavy (non-hydrogen) atoms. The zero-order valence-electron chi connectivity index (χ0n) is 8.34. The molecule has 2 rings (SSSR count). The lowest BCUT2D eigenvalue weighted by molar-refractivity contribution is 0.388. The summed E-state index contributed by atoms with van der Waals surface area (Å²) in [6.07, 6.45) is 3.50. The van der Waals surface area contributed by atoms with Crippen molar-refractivity contribution in [1.29, 1.82) is 0 Å². The summed E-state index contributed by atoms with van der Waals surface area (Å²) >= 11 is 0. The standard InChI is InChI=1S/C8H12N4O2S/c1-15(13,14)12-3-2-6-4-10-8(9)11-7(6)5-12/h4H,2-3,5H2,1H3,(H2,9,10,11). The van der Waals surface area contributed by atoms with E-state index in [2.05, 4.69) is 9.97 Å². The van der Waals surface area contributed by atoms with Crippen LogP contribution in [0.25, 0.3) is 0 Å². The number of nitrogens with zero attached hydrogens (tertiary/aromatic N) is 3. The molecule has 0 saturated carbocycles. The Kier molecular flexibility index (Phi) is 2.35. The van der Waals surface area contributed by atoms with E-state index < -0.39 is 10.0 Å². The van der Waals surface area contributed by atoms with Crippen LogP contribution in [-0.2, 0) is 23.0 Å². The van der Waals surface area contributed by atoms with E-state index in [1.165, 1.54) is 10.6 Å². The Morgan fingerprint density at radius 1 is 1.53 bits per heavy atom. The lowest BCUT2D eigenvalue weighted by Crippen LogP contribution is -2.35. The molecule has 0 atom stereocenters. The molecule has 0 aliphatic carbocycles. The van der Waals surface area contributed by atoms with Gasteiger partial charge in [0.2, 0.25) is 16.0 Å². The van der Waals surface area contributed by atoms with E-state index >= 15 is 0 Å². The summed E-state index contributed by atoms with van der Waals surface area (Å²) in [6.45, 7) is 0.778. The van der Waals surface area contributed by atoms with Gasteiger partial charge in [0.15, 0.2) is 0 Å². The lowest BCUT2D eigenvalue weighted by Gasteiger charge is -2.25. The highest BCUT2D eigenvalue weighted by atomic mass is 32.2. The third kappa shape index (κ3) is 2.07. The summed E-state index contributed by atoms with van der Waals surface area (Å²) in [5.74, 6) is 0.184. The molecule has 0 saturated heterocycles. The molecule has 0 fully saturated rings. The molecule has 2 N–H and O–H groups in total. The van der Waals surface area contributed by atoms with Crippen molar-refractivity contribution in [2.45, 2.75) is 13.0 Å². The van der Waals surface area contributed by atoms with Crippen LogP contribution in [0.15, 0.2) is 6.20 Å². The molecule has 0 radical (unpaired) electrons. The normalized spacial score (nSPS) is 17.4. The Labute approximate surface area is 88.2 Å². The van der Waals surface area contributed by atoms with Gasteiger partial charge in [-0.25, -0.2) is 18.4 Å². The van der Waals surface area contributed by atoms with E-state index in [9.17, 15) is 8.42 Å². The highest BCUT2D eigenvalue weighted by Gasteiger charge is 2.24. The molecule has 6 nitrogen and oxygen atoms in total. The number of anilines is 1. The quantitative estimate of drug-likeness (QED) is 0.691. The van der Waals surface area contributed by atoms with Gasteiger partial charge >= 0.3 is 0 Å². The van der Waals surface area contributed by atoms with Crippen molar-refractivity contribution in [1.82, 2.24) is 14.3 Å². The smallest absolute Gasteiger partial charge is 0.220 e. The summed E-state index contributed by atoms with van der Waals surface area (Å²) < 4.78 is 24.1. The average molecular weight is 228 g/mol. The zero-order chi connectivity index (χ0) is 11.1. The molecule has 7 heteroatoms. The molecule has 2 heterocycles. The van der Waals surface area contributed by atoms with Crippen LogP contribution in [0.1, 0.15) is 11.3 Å². The maximum absolute atomic E-state index is 11.3. The molecule has 0 unspecified atom stereocenters. The van der Waals surface area contributed by atoms with Crippen LogP contribution in [0.3, 0.4) is 0 Å². The molecule has 82 valence electrons. The number of aromatic nitrogens is 2. The third-order valence-electron chi connectivity index (χ3n) is 2.40. The van der Waals surface area contributed by atoms with Crippen molar-refractivity contribution in [2.24, 2.45) is 0 Å². The van der Waals surface area contributed by atoms with Gasteiger partial charge in [0, 0.05) is 12.7 Å². The molecule has 0 spiro atoms. The predicted molar refractivity (Wildman–Crippen MR) is 55.4 cm³/mol. The maximum Gasteiger partial charge on any atom is 0.220 e. The SMILES string of the molecule is CS(=O)(=O)N1CCc2cnc(N)nc2C1. The molecular weight excluding hydrogens is 216 g/mol. The lowest BCUT2D eigenvalue weighted by atomic mass is 10.1. The van der Waals surface area contributed by atoms with Crippen LogP contribution >= 0.6 is 0 Å². The Hall–Kier alpha value is -1.21. The minimum Gasteiger partial charge on any atom is -0.368 e. The summed E-state index contributed by atoms with van der Waals surface area (Å²) in [7, 11) is -3.15. The second kappa shape index (κ2) is 3.42. The van der Waals surface area contributed by atoms with Crippen LogP contribution in [0.2, 0.25) is 0 Å². The number of nitrogens with two attached hydrogens (primary N) is 1. The van der Waals surface area contributed by atoms with Crippen molar-refractivity contribution in [3.63, 3.8) is 0 Å². The van der Waals surface area contributed by atoms with Gasteiger partial charge in [-0.05, 0) is 12.0 Å². The Bertz CT molecular complexity index is 485. The monoisotopic (exact) mass is 228 g/mol. The van der Waals surface area contributed by atoms with Crippen molar-refractivity contribution in [2.75, 3.05) is 18.5 Å². The summed E-state index contributed by atoms with van der Waals surface area (Å²) in [5.41, 5.74) is 7.13. The van der Waals surface area contributed by atoms with Crippen molar-refractivity contribution >= 4 is 16.0 Å². The van der Waals surface area contributed by atoms with Gasteiger partial charge in [-0.1, -0.05) is 0 Å². The van der Waals surface area contributed by atoms with Crippen molar-refractivity contribution < 1.29 is 8.42 Å². The first kappa shape index (κ1) is 10.3. The molecule has 1 aliphatic rings. The fourth-order valence-corrected chi connectivity index (χ4v) is 2.36. The van der Waals surface area contributed by atoms with E-state index in [4.69, 9.17) is 5.73 Å². The van der Waals surface area contributed by atoms with Crippen LogP contribution < -0.4 is 5.73 Å². The van der Waals surface area contributed by atoms with Gasteiger partial charge in [-0.2, -0.15) is 4.31 Å². The minimum absolute atomic E-state index is 0.184. The number of fused-ring (bicyclic) bond motifs is 1. The highest BCUT2D eigenvalue weighted by molar-refractivity contribution is 7.88. The van der Waals surface area contributed by atoms with Crippen LogP contribution in [-0.4, -0.2) is 35.5 Å². The Balaban J connectivity index is 2.34. The van der Waals surface area contributed by atoms with E-state index in [0.29, 0.717) is 25.2 Å². The minimum atomic E-state index is -3.15. The zero-order valence-corrected chi connectivity index (χ0v) is 9.16. The second-order valence-corrected chi connectivity index (χ2v) is 5.53. The predicted octanol–water partition coefficient (Wildman–Crippen LogP) is -0.623. The third-order valence-corrected chi connectivity index (χ3v) is 3.65. The summed E-state index contributed by atoms with van der Waals surface area (Å²) in [6, 6.07) is 0. The first-order valence-corrected chi connectivity index (χ1v) is 6.37. The van der Waals surface area contributed by atoms with Crippen molar-refractivity contribution in [3.8, 4) is 0 Å². The second-order valence-electron chi connectivity index (χ2n) is 3.55. The Morgan fingerprint density at radius 3 is 2.93 bits per heavy atom. The molecule has 0 aromatic carbocycles. The fourth-order valence-electron chi connectivity index (χ4n) is 1.58. The summed E-state index contributed by atoms with van der Waals surface area (Å²) in [4.78, 5) is 7.92. The topological polar surface area (TPSA) is 89.2 Å². The van der Waals surface area contributed by atoms with E-state index in [-0.39, 0.29) is 5.95 Å². The van der Waals surface area contributed by atoms with Crippen LogP contribution in [0, 0.1) is 0 Å². The Morgan fingerprint density at radius 2 is 2.27 bits per heavy atom. The molecule has 0 bridgehead atoms. The van der Waals surface area contributed by atoms with Gasteiger partial charge in [-0.15, -0.1) is 0 Å². The van der Waals surface area contributed by atoms with Crippen LogP contribution in [0.4, 0.5) is 5.95 Å². The maximum atomic E-state index is 11.3. The first-order chi connectivity index (χ1) is 6.97. The number of sulfonamides is 1. The van der Waals surface area contributed by atoms with E-state index in [1.807, 2.05) is 0 Å². The molecule has 1 aromatic heterocycles. The van der Waals surface area contributed by atoms with Gasteiger partial charge in [-0.3, -0.25) is 0 Å². The number of nitrogen functional groups attached to an aromatic ring is 1. The van der Waals surface area contributed by atoms with E-state index in [0.717, 1.165) is 5.56 Å². The summed E-state index contributed by atoms with van der Waals surface area (Å²) in [5, 5.41) is 0. The number of rotatable bonds is 1. The molecule has 1 aromatic rings. The van der Waals surface area contributed by atoms with Gasteiger partial charge in [0.1, 0.15) is 0 Å². The molecular formula is C8H12N4O2S. The van der Waals surface area contributed by atoms with Gasteiger partial charge < -0.3 is 5.73 Å². The van der Waals surface area contributed by atoms with Crippen LogP contribution in [0.5, 0.6) is 0 Å². The first-order valence-electron chi connectivity index (χ1n) is 4.52. The van der Waals surface area contributed by atoms with Crippen molar-refractivity contribution in [3.05, 3.63) is 17.5 Å². The molecule has 1 aliphatic heterocycles. The van der Waals surface area contributed by atoms with E-state index in [1.54, 1.807) is 6.20 Å². The van der Waals surface area contributed by atoms with Gasteiger partial charge in [0.25, 0.3) is 0 Å². The largest absolute Gasteiger partial charge is 0.368 e. The molecule has 0 amide bonds.